The zero-order chi connectivity index (χ0) is 28.2. The van der Waals surface area contributed by atoms with Crippen molar-refractivity contribution in [2.75, 3.05) is 32.3 Å². The van der Waals surface area contributed by atoms with E-state index in [9.17, 15) is 13.2 Å². The minimum Gasteiger partial charge on any atom is -0.496 e. The van der Waals surface area contributed by atoms with Crippen LogP contribution in [0, 0.1) is 13.8 Å². The minimum absolute atomic E-state index is 0.00136. The molecule has 0 saturated carbocycles. The van der Waals surface area contributed by atoms with Gasteiger partial charge in [-0.05, 0) is 66.8 Å². The topological polar surface area (TPSA) is 121 Å². The number of fused-ring (bicyclic) bond motifs is 1. The first-order valence-corrected chi connectivity index (χ1v) is 14.7. The number of aliphatic carboxylic acids is 1. The summed E-state index contributed by atoms with van der Waals surface area (Å²) in [7, 11) is -1.38. The Morgan fingerprint density at radius 1 is 1.13 bits per heavy atom. The molecule has 1 N–H and O–H groups in total. The molecule has 4 rings (SSSR count). The Bertz CT molecular complexity index is 1450. The van der Waals surface area contributed by atoms with E-state index in [0.717, 1.165) is 39.1 Å². The number of ether oxygens (including phenoxy) is 4. The predicted molar refractivity (Wildman–Crippen MR) is 147 cm³/mol. The highest BCUT2D eigenvalue weighted by molar-refractivity contribution is 7.90. The van der Waals surface area contributed by atoms with Crippen LogP contribution in [0.4, 0.5) is 0 Å². The quantitative estimate of drug-likeness (QED) is 0.317. The van der Waals surface area contributed by atoms with Gasteiger partial charge in [-0.2, -0.15) is 0 Å². The molecule has 0 aliphatic carbocycles. The molecular formula is C29H33NO8S. The van der Waals surface area contributed by atoms with Gasteiger partial charge in [-0.3, -0.25) is 4.79 Å². The fourth-order valence-electron chi connectivity index (χ4n) is 4.74. The zero-order valence-corrected chi connectivity index (χ0v) is 23.3. The van der Waals surface area contributed by atoms with Crippen molar-refractivity contribution in [1.29, 1.82) is 0 Å². The van der Waals surface area contributed by atoms with Gasteiger partial charge in [0.1, 0.15) is 33.7 Å². The van der Waals surface area contributed by atoms with E-state index in [0.29, 0.717) is 37.0 Å². The van der Waals surface area contributed by atoms with Crippen LogP contribution in [0.25, 0.3) is 11.1 Å². The lowest BCUT2D eigenvalue weighted by Gasteiger charge is -2.17. The first-order chi connectivity index (χ1) is 18.5. The van der Waals surface area contributed by atoms with Crippen LogP contribution < -0.4 is 18.9 Å². The molecule has 0 unspecified atom stereocenters. The first-order valence-electron chi connectivity index (χ1n) is 12.6. The number of carbonyl (C=O) groups is 1. The van der Waals surface area contributed by atoms with E-state index >= 15 is 0 Å². The Balaban J connectivity index is 1.49. The molecule has 0 saturated heterocycles. The molecule has 39 heavy (non-hydrogen) atoms. The predicted octanol–water partition coefficient (Wildman–Crippen LogP) is 4.72. The van der Waals surface area contributed by atoms with Crippen LogP contribution in [0.2, 0.25) is 0 Å². The smallest absolute Gasteiger partial charge is 0.304 e. The standard InChI is InChI=1S/C29H33NO8S/c1-18-10-22(36-8-5-9-39(4,33)34)11-19(2)29(18)23-12-20(6-7-25(23)35-3)16-38-27-14-26-24(15-30-27)21(17-37-26)13-28(31)32/h6-7,10-12,14-15,21H,5,8-9,13,16-17H2,1-4H3,(H,31,32)/t21-/m1/s1. The Kier molecular flexibility index (Phi) is 8.64. The molecule has 0 radical (unpaired) electrons. The molecule has 0 bridgehead atoms. The van der Waals surface area contributed by atoms with Crippen LogP contribution in [0.3, 0.4) is 0 Å². The fourth-order valence-corrected chi connectivity index (χ4v) is 5.38. The number of sulfone groups is 1. The average Bonchev–Trinajstić information content (AvgIpc) is 3.26. The van der Waals surface area contributed by atoms with Crippen molar-refractivity contribution in [3.63, 3.8) is 0 Å². The van der Waals surface area contributed by atoms with Crippen LogP contribution >= 0.6 is 0 Å². The van der Waals surface area contributed by atoms with Crippen molar-refractivity contribution in [3.05, 3.63) is 64.8 Å². The maximum absolute atomic E-state index is 11.4. The number of benzene rings is 2. The van der Waals surface area contributed by atoms with Crippen LogP contribution in [0.5, 0.6) is 23.1 Å². The van der Waals surface area contributed by atoms with Gasteiger partial charge in [0, 0.05) is 35.6 Å². The fraction of sp³-hybridized carbons (Fsp3) is 0.379. The van der Waals surface area contributed by atoms with Gasteiger partial charge in [-0.25, -0.2) is 13.4 Å². The summed E-state index contributed by atoms with van der Waals surface area (Å²) in [6, 6.07) is 11.4. The van der Waals surface area contributed by atoms with Gasteiger partial charge >= 0.3 is 5.97 Å². The van der Waals surface area contributed by atoms with Crippen LogP contribution in [-0.2, 0) is 21.2 Å². The third kappa shape index (κ3) is 7.20. The van der Waals surface area contributed by atoms with Gasteiger partial charge < -0.3 is 24.1 Å². The maximum atomic E-state index is 11.4. The highest BCUT2D eigenvalue weighted by Crippen LogP contribution is 2.39. The van der Waals surface area contributed by atoms with E-state index < -0.39 is 15.8 Å². The third-order valence-corrected chi connectivity index (χ3v) is 7.56. The molecule has 1 aromatic heterocycles. The molecule has 0 fully saturated rings. The molecule has 3 aromatic rings. The number of carboxylic acid groups (broad SMARTS) is 1. The Hall–Kier alpha value is -3.79. The van der Waals surface area contributed by atoms with Gasteiger partial charge in [-0.1, -0.05) is 6.07 Å². The molecule has 1 atom stereocenters. The lowest BCUT2D eigenvalue weighted by Crippen LogP contribution is -2.08. The van der Waals surface area contributed by atoms with Crippen LogP contribution in [0.15, 0.2) is 42.6 Å². The van der Waals surface area contributed by atoms with Crippen molar-refractivity contribution < 1.29 is 37.3 Å². The number of aryl methyl sites for hydroxylation is 2. The van der Waals surface area contributed by atoms with E-state index in [1.165, 1.54) is 6.26 Å². The van der Waals surface area contributed by atoms with Gasteiger partial charge in [0.25, 0.3) is 0 Å². The summed E-state index contributed by atoms with van der Waals surface area (Å²) in [6.45, 7) is 4.91. The number of aromatic nitrogens is 1. The summed E-state index contributed by atoms with van der Waals surface area (Å²) >= 11 is 0. The van der Waals surface area contributed by atoms with E-state index in [1.807, 2.05) is 44.2 Å². The highest BCUT2D eigenvalue weighted by Gasteiger charge is 2.27. The molecule has 1 aliphatic heterocycles. The molecular weight excluding hydrogens is 522 g/mol. The summed E-state index contributed by atoms with van der Waals surface area (Å²) in [4.78, 5) is 15.4. The van der Waals surface area contributed by atoms with E-state index in [2.05, 4.69) is 4.98 Å². The maximum Gasteiger partial charge on any atom is 0.304 e. The highest BCUT2D eigenvalue weighted by atomic mass is 32.2. The second kappa shape index (κ2) is 11.9. The average molecular weight is 556 g/mol. The van der Waals surface area contributed by atoms with E-state index in [4.69, 9.17) is 24.1 Å². The molecule has 10 heteroatoms. The van der Waals surface area contributed by atoms with Gasteiger partial charge in [0.15, 0.2) is 0 Å². The van der Waals surface area contributed by atoms with Gasteiger partial charge in [-0.15, -0.1) is 0 Å². The lowest BCUT2D eigenvalue weighted by molar-refractivity contribution is -0.137. The number of hydrogen-bond acceptors (Lipinski definition) is 8. The van der Waals surface area contributed by atoms with Crippen molar-refractivity contribution in [3.8, 4) is 34.3 Å². The molecule has 208 valence electrons. The Labute approximate surface area is 228 Å². The second-order valence-electron chi connectivity index (χ2n) is 9.75. The number of rotatable bonds is 12. The SMILES string of the molecule is COc1ccc(COc2cc3c(cn2)[C@H](CC(=O)O)CO3)cc1-c1c(C)cc(OCCCS(C)(=O)=O)cc1C. The van der Waals surface area contributed by atoms with Crippen molar-refractivity contribution in [1.82, 2.24) is 4.98 Å². The minimum atomic E-state index is -3.01. The van der Waals surface area contributed by atoms with Crippen molar-refractivity contribution >= 4 is 15.8 Å². The van der Waals surface area contributed by atoms with E-state index in [-0.39, 0.29) is 24.7 Å². The summed E-state index contributed by atoms with van der Waals surface area (Å²) in [5.74, 6) is 1.42. The van der Waals surface area contributed by atoms with Crippen LogP contribution in [-0.4, -0.2) is 56.8 Å². The van der Waals surface area contributed by atoms with E-state index in [1.54, 1.807) is 19.4 Å². The summed E-state index contributed by atoms with van der Waals surface area (Å²) in [6.07, 6.45) is 3.28. The largest absolute Gasteiger partial charge is 0.496 e. The van der Waals surface area contributed by atoms with Crippen molar-refractivity contribution in [2.24, 2.45) is 0 Å². The number of nitrogens with zero attached hydrogens (tertiary/aromatic N) is 1. The lowest BCUT2D eigenvalue weighted by atomic mass is 9.93. The molecule has 0 spiro atoms. The Morgan fingerprint density at radius 3 is 2.54 bits per heavy atom. The van der Waals surface area contributed by atoms with Crippen molar-refractivity contribution in [2.45, 2.75) is 39.2 Å². The normalized spacial score (nSPS) is 14.4. The number of carboxylic acids is 1. The second-order valence-corrected chi connectivity index (χ2v) is 12.0. The summed E-state index contributed by atoms with van der Waals surface area (Å²) < 4.78 is 45.8. The monoisotopic (exact) mass is 555 g/mol. The zero-order valence-electron chi connectivity index (χ0n) is 22.5. The number of pyridine rings is 1. The molecule has 2 heterocycles. The molecule has 0 amide bonds. The number of methoxy groups -OCH3 is 1. The molecule has 2 aromatic carbocycles. The molecule has 1 aliphatic rings. The molecule has 9 nitrogen and oxygen atoms in total. The van der Waals surface area contributed by atoms with Gasteiger partial charge in [0.05, 0.1) is 32.5 Å². The summed E-state index contributed by atoms with van der Waals surface area (Å²) in [5.41, 5.74) is 5.63. The third-order valence-electron chi connectivity index (χ3n) is 6.53. The van der Waals surface area contributed by atoms with Gasteiger partial charge in [0.2, 0.25) is 5.88 Å². The Morgan fingerprint density at radius 2 is 1.87 bits per heavy atom. The summed E-state index contributed by atoms with van der Waals surface area (Å²) in [5, 5.41) is 9.09. The first kappa shape index (κ1) is 28.2. The van der Waals surface area contributed by atoms with Crippen LogP contribution in [0.1, 0.15) is 41.0 Å². The number of hydrogen-bond donors (Lipinski definition) is 1.